The smallest absolute Gasteiger partial charge is 0.462 e. The summed E-state index contributed by atoms with van der Waals surface area (Å²) in [6.07, 6.45) is 40.3. The third-order valence-corrected chi connectivity index (χ3v) is 9.80. The van der Waals surface area contributed by atoms with E-state index in [1.54, 1.807) is 6.08 Å². The predicted molar refractivity (Wildman–Crippen MR) is 236 cm³/mol. The van der Waals surface area contributed by atoms with Crippen LogP contribution in [0, 0.1) is 0 Å². The van der Waals surface area contributed by atoms with Crippen LogP contribution in [0.1, 0.15) is 136 Å². The van der Waals surface area contributed by atoms with Crippen LogP contribution < -0.4 is 0 Å². The Morgan fingerprint density at radius 2 is 1.12 bits per heavy atom. The molecule has 0 fully saturated rings. The first-order valence-corrected chi connectivity index (χ1v) is 24.4. The number of hydrogen-bond acceptors (Lipinski definition) is 11. The first kappa shape index (κ1) is 57.3. The Morgan fingerprint density at radius 3 is 1.77 bits per heavy atom. The summed E-state index contributed by atoms with van der Waals surface area (Å²) in [5.74, 6) is -1.18. The average Bonchev–Trinajstić information content (AvgIpc) is 3.20. The fourth-order valence-electron chi connectivity index (χ4n) is 5.11. The Hall–Kier alpha value is -2.74. The first-order valence-electron chi connectivity index (χ1n) is 21.4. The topological polar surface area (TPSA) is 216 Å². The number of hydrogen-bond donors (Lipinski definition) is 5. The van der Waals surface area contributed by atoms with Crippen molar-refractivity contribution < 1.29 is 66.7 Å². The molecule has 344 valence electrons. The quantitative estimate of drug-likeness (QED) is 0.0128. The molecule has 14 nitrogen and oxygen atoms in total. The van der Waals surface area contributed by atoms with Gasteiger partial charge in [-0.05, 0) is 70.6 Å². The van der Waals surface area contributed by atoms with E-state index in [1.807, 2.05) is 30.4 Å². The van der Waals surface area contributed by atoms with E-state index >= 15 is 0 Å². The maximum absolute atomic E-state index is 12.6. The molecule has 0 heterocycles. The number of aliphatic hydroxyl groups is 2. The summed E-state index contributed by atoms with van der Waals surface area (Å²) < 4.78 is 47.6. The van der Waals surface area contributed by atoms with Crippen LogP contribution in [0.5, 0.6) is 0 Å². The molecule has 0 radical (unpaired) electrons. The van der Waals surface area contributed by atoms with Crippen molar-refractivity contribution in [1.82, 2.24) is 0 Å². The van der Waals surface area contributed by atoms with Gasteiger partial charge in [0.25, 0.3) is 0 Å². The Kier molecular flexibility index (Phi) is 37.3. The molecule has 0 aliphatic heterocycles. The first-order chi connectivity index (χ1) is 28.8. The molecule has 0 bridgehead atoms. The van der Waals surface area contributed by atoms with E-state index in [-0.39, 0.29) is 12.8 Å². The van der Waals surface area contributed by atoms with E-state index < -0.39 is 72.3 Å². The number of esters is 2. The maximum atomic E-state index is 12.6. The van der Waals surface area contributed by atoms with Gasteiger partial charge in [-0.1, -0.05) is 137 Å². The van der Waals surface area contributed by atoms with Gasteiger partial charge in [-0.3, -0.25) is 23.2 Å². The molecule has 5 N–H and O–H groups in total. The van der Waals surface area contributed by atoms with Crippen molar-refractivity contribution in [2.24, 2.45) is 0 Å². The SMILES string of the molecule is CC/C=C/C/C=C/C=C/C(O)CCCCCCCC(=O)OC[C@H](COP(=O)(O)OC[C@@H](O)COP(=O)(O)O)OC(=O)CCC/C=C\C/C=C\C/C=C\C/C=C\CCCCC. The summed E-state index contributed by atoms with van der Waals surface area (Å²) in [7, 11) is -9.73. The van der Waals surface area contributed by atoms with Crippen LogP contribution in [0.25, 0.3) is 0 Å². The summed E-state index contributed by atoms with van der Waals surface area (Å²) in [5.41, 5.74) is 0. The van der Waals surface area contributed by atoms with Crippen LogP contribution >= 0.6 is 15.6 Å². The van der Waals surface area contributed by atoms with Gasteiger partial charge in [0.1, 0.15) is 12.7 Å². The normalized spacial score (nSPS) is 15.4. The van der Waals surface area contributed by atoms with Gasteiger partial charge in [-0.15, -0.1) is 0 Å². The zero-order valence-electron chi connectivity index (χ0n) is 35.9. The van der Waals surface area contributed by atoms with Crippen molar-refractivity contribution in [2.75, 3.05) is 26.4 Å². The number of ether oxygens (including phenoxy) is 2. The molecule has 0 aliphatic carbocycles. The molecule has 0 aliphatic rings. The molecule has 60 heavy (non-hydrogen) atoms. The molecule has 0 aromatic carbocycles. The summed E-state index contributed by atoms with van der Waals surface area (Å²) in [5, 5.41) is 19.9. The molecule has 16 heteroatoms. The Labute approximate surface area is 359 Å². The molecule has 0 saturated carbocycles. The second-order valence-corrected chi connectivity index (χ2v) is 16.8. The number of aliphatic hydroxyl groups excluding tert-OH is 2. The average molecular weight is 889 g/mol. The van der Waals surface area contributed by atoms with Gasteiger partial charge in [0, 0.05) is 12.8 Å². The minimum atomic E-state index is -4.88. The lowest BCUT2D eigenvalue weighted by atomic mass is 10.1. The van der Waals surface area contributed by atoms with Crippen molar-refractivity contribution in [3.63, 3.8) is 0 Å². The molecule has 0 saturated heterocycles. The summed E-state index contributed by atoms with van der Waals surface area (Å²) in [4.78, 5) is 52.6. The third kappa shape index (κ3) is 42.0. The van der Waals surface area contributed by atoms with Gasteiger partial charge < -0.3 is 34.4 Å². The number of phosphoric acid groups is 2. The predicted octanol–water partition coefficient (Wildman–Crippen LogP) is 9.75. The summed E-state index contributed by atoms with van der Waals surface area (Å²) in [6.45, 7) is 1.41. The van der Waals surface area contributed by atoms with Crippen LogP contribution in [0.3, 0.4) is 0 Å². The van der Waals surface area contributed by atoms with Gasteiger partial charge >= 0.3 is 27.6 Å². The van der Waals surface area contributed by atoms with E-state index in [2.05, 4.69) is 71.5 Å². The minimum absolute atomic E-state index is 0.0306. The molecule has 0 amide bonds. The molecule has 2 unspecified atom stereocenters. The largest absolute Gasteiger partial charge is 0.472 e. The van der Waals surface area contributed by atoms with Crippen molar-refractivity contribution >= 4 is 27.6 Å². The Bertz CT molecular complexity index is 1400. The maximum Gasteiger partial charge on any atom is 0.472 e. The lowest BCUT2D eigenvalue weighted by Gasteiger charge is -2.20. The van der Waals surface area contributed by atoms with Crippen molar-refractivity contribution in [3.05, 3.63) is 85.1 Å². The highest BCUT2D eigenvalue weighted by molar-refractivity contribution is 7.47. The van der Waals surface area contributed by atoms with E-state index in [0.717, 1.165) is 64.2 Å². The molecule has 0 aromatic rings. The highest BCUT2D eigenvalue weighted by atomic mass is 31.2. The lowest BCUT2D eigenvalue weighted by Crippen LogP contribution is -2.29. The van der Waals surface area contributed by atoms with Crippen LogP contribution in [-0.4, -0.2) is 81.6 Å². The van der Waals surface area contributed by atoms with Crippen LogP contribution in [0.15, 0.2) is 85.1 Å². The van der Waals surface area contributed by atoms with Gasteiger partial charge in [0.2, 0.25) is 0 Å². The summed E-state index contributed by atoms with van der Waals surface area (Å²) in [6, 6.07) is 0. The Balaban J connectivity index is 4.72. The second-order valence-electron chi connectivity index (χ2n) is 14.1. The zero-order valence-corrected chi connectivity index (χ0v) is 37.7. The number of rotatable bonds is 39. The number of carbonyl (C=O) groups excluding carboxylic acids is 2. The van der Waals surface area contributed by atoms with Crippen molar-refractivity contribution in [1.29, 1.82) is 0 Å². The van der Waals surface area contributed by atoms with E-state index in [0.29, 0.717) is 25.7 Å². The minimum Gasteiger partial charge on any atom is -0.462 e. The standard InChI is InChI=1S/C44H74O14P2/c1-3-5-7-9-11-12-13-14-15-16-17-18-19-20-22-26-31-35-44(48)58-42(39-57-60(52,53)56-37-41(46)36-55-59(49,50)51)38-54-43(47)34-30-27-23-25-29-33-40(45)32-28-24-21-10-8-6-4-2/h6,8,11-12,14-15,17-18,20-22,24,28,32,40-42,45-46H,3-5,7,9-10,13,16,19,23,25-27,29-31,33-39H2,1-2H3,(H,52,53)(H2,49,50,51)/b8-6+,12-11-,15-14-,18-17-,22-20-,24-21+,32-28+/t40?,41-,42+/m0/s1. The molecule has 0 spiro atoms. The lowest BCUT2D eigenvalue weighted by molar-refractivity contribution is -0.161. The van der Waals surface area contributed by atoms with Crippen LogP contribution in [0.4, 0.5) is 0 Å². The number of phosphoric ester groups is 2. The molecule has 0 aromatic heterocycles. The summed E-state index contributed by atoms with van der Waals surface area (Å²) >= 11 is 0. The molecule has 0 rings (SSSR count). The van der Waals surface area contributed by atoms with Gasteiger partial charge in [0.05, 0.1) is 25.9 Å². The van der Waals surface area contributed by atoms with Gasteiger partial charge in [-0.25, -0.2) is 9.13 Å². The van der Waals surface area contributed by atoms with Crippen molar-refractivity contribution in [3.8, 4) is 0 Å². The van der Waals surface area contributed by atoms with E-state index in [4.69, 9.17) is 23.8 Å². The number of unbranched alkanes of at least 4 members (excludes halogenated alkanes) is 8. The Morgan fingerprint density at radius 1 is 0.567 bits per heavy atom. The van der Waals surface area contributed by atoms with Crippen molar-refractivity contribution in [2.45, 2.75) is 154 Å². The van der Waals surface area contributed by atoms with Gasteiger partial charge in [-0.2, -0.15) is 0 Å². The van der Waals surface area contributed by atoms with E-state index in [9.17, 15) is 33.8 Å². The van der Waals surface area contributed by atoms with Gasteiger partial charge in [0.15, 0.2) is 6.10 Å². The monoisotopic (exact) mass is 888 g/mol. The molecule has 4 atom stereocenters. The fourth-order valence-corrected chi connectivity index (χ4v) is 6.27. The third-order valence-electron chi connectivity index (χ3n) is 8.36. The van der Waals surface area contributed by atoms with E-state index in [1.165, 1.54) is 19.3 Å². The van der Waals surface area contributed by atoms with Crippen LogP contribution in [0.2, 0.25) is 0 Å². The second kappa shape index (κ2) is 39.1. The fraction of sp³-hybridized carbons (Fsp3) is 0.636. The molecular weight excluding hydrogens is 814 g/mol. The zero-order chi connectivity index (χ0) is 44.6. The highest BCUT2D eigenvalue weighted by Crippen LogP contribution is 2.43. The van der Waals surface area contributed by atoms with Crippen LogP contribution in [-0.2, 0) is 41.8 Å². The number of carbonyl (C=O) groups is 2. The highest BCUT2D eigenvalue weighted by Gasteiger charge is 2.28. The molecular formula is C44H74O14P2. The number of allylic oxidation sites excluding steroid dienone is 13.